The Balaban J connectivity index is 2.00. The van der Waals surface area contributed by atoms with E-state index in [1.54, 1.807) is 6.33 Å². The Morgan fingerprint density at radius 2 is 1.90 bits per heavy atom. The Bertz CT molecular complexity index is 557. The van der Waals surface area contributed by atoms with Gasteiger partial charge in [0.15, 0.2) is 0 Å². The van der Waals surface area contributed by atoms with Crippen LogP contribution in [0.1, 0.15) is 37.1 Å². The highest BCUT2D eigenvalue weighted by atomic mass is 16.5. The molecule has 4 heteroatoms. The number of aryl methyl sites for hydroxylation is 1. The van der Waals surface area contributed by atoms with Crippen molar-refractivity contribution in [1.29, 1.82) is 0 Å². The van der Waals surface area contributed by atoms with E-state index in [0.717, 1.165) is 37.5 Å². The molecule has 4 nitrogen and oxygen atoms in total. The first-order chi connectivity index (χ1) is 10.3. The summed E-state index contributed by atoms with van der Waals surface area (Å²) in [6, 6.07) is 10.3. The minimum atomic E-state index is 0.652. The van der Waals surface area contributed by atoms with E-state index in [1.807, 2.05) is 19.1 Å². The summed E-state index contributed by atoms with van der Waals surface area (Å²) in [5.41, 5.74) is 3.54. The van der Waals surface area contributed by atoms with E-state index in [2.05, 4.69) is 40.4 Å². The molecule has 0 unspecified atom stereocenters. The molecule has 0 amide bonds. The minimum Gasteiger partial charge on any atom is -0.377 e. The number of hydrogen-bond acceptors (Lipinski definition) is 4. The fourth-order valence-electron chi connectivity index (χ4n) is 2.16. The number of nitrogens with one attached hydrogen (secondary N) is 1. The Morgan fingerprint density at radius 3 is 2.67 bits per heavy atom. The van der Waals surface area contributed by atoms with Crippen LogP contribution in [-0.4, -0.2) is 16.6 Å². The number of nitrogens with zero attached hydrogens (tertiary/aromatic N) is 2. The number of anilines is 1. The van der Waals surface area contributed by atoms with Gasteiger partial charge < -0.3 is 10.1 Å². The Hall–Kier alpha value is -1.94. The summed E-state index contributed by atoms with van der Waals surface area (Å²) in [4.78, 5) is 8.55. The summed E-state index contributed by atoms with van der Waals surface area (Å²) in [6.07, 6.45) is 3.70. The summed E-state index contributed by atoms with van der Waals surface area (Å²) in [7, 11) is 0. The zero-order valence-corrected chi connectivity index (χ0v) is 12.8. The summed E-state index contributed by atoms with van der Waals surface area (Å²) in [6.45, 7) is 6.29. The molecular formula is C17H23N3O. The molecule has 0 saturated carbocycles. The van der Waals surface area contributed by atoms with Crippen molar-refractivity contribution in [3.8, 4) is 0 Å². The maximum Gasteiger partial charge on any atom is 0.129 e. The summed E-state index contributed by atoms with van der Waals surface area (Å²) in [5, 5.41) is 3.37. The van der Waals surface area contributed by atoms with Crippen LogP contribution in [0.4, 0.5) is 5.82 Å². The van der Waals surface area contributed by atoms with Gasteiger partial charge in [0.1, 0.15) is 12.1 Å². The molecule has 112 valence electrons. The molecule has 2 aromatic rings. The number of rotatable bonds is 8. The van der Waals surface area contributed by atoms with Crippen molar-refractivity contribution >= 4 is 5.82 Å². The van der Waals surface area contributed by atoms with E-state index in [-0.39, 0.29) is 0 Å². The molecule has 1 aromatic carbocycles. The van der Waals surface area contributed by atoms with Crippen molar-refractivity contribution < 1.29 is 4.74 Å². The average molecular weight is 285 g/mol. The molecule has 0 fully saturated rings. The van der Waals surface area contributed by atoms with Crippen LogP contribution >= 0.6 is 0 Å². The third-order valence-electron chi connectivity index (χ3n) is 3.27. The third kappa shape index (κ3) is 4.83. The molecule has 0 atom stereocenters. The Kier molecular flexibility index (Phi) is 6.16. The van der Waals surface area contributed by atoms with Gasteiger partial charge in [-0.05, 0) is 24.5 Å². The molecule has 0 aliphatic rings. The van der Waals surface area contributed by atoms with Crippen LogP contribution in [0.25, 0.3) is 0 Å². The average Bonchev–Trinajstić information content (AvgIpc) is 2.52. The maximum atomic E-state index is 5.51. The van der Waals surface area contributed by atoms with Crippen molar-refractivity contribution in [2.24, 2.45) is 0 Å². The van der Waals surface area contributed by atoms with Gasteiger partial charge in [0.05, 0.1) is 6.61 Å². The van der Waals surface area contributed by atoms with Crippen molar-refractivity contribution in [2.45, 2.75) is 39.8 Å². The minimum absolute atomic E-state index is 0.652. The lowest BCUT2D eigenvalue weighted by molar-refractivity contribution is 0.133. The summed E-state index contributed by atoms with van der Waals surface area (Å²) in [5.74, 6) is 0.875. The second-order valence-corrected chi connectivity index (χ2v) is 4.90. The van der Waals surface area contributed by atoms with Crippen LogP contribution in [0.2, 0.25) is 0 Å². The van der Waals surface area contributed by atoms with Crippen LogP contribution in [0.5, 0.6) is 0 Å². The van der Waals surface area contributed by atoms with Crippen molar-refractivity contribution in [1.82, 2.24) is 9.97 Å². The molecule has 0 aliphatic carbocycles. The van der Waals surface area contributed by atoms with Gasteiger partial charge >= 0.3 is 0 Å². The number of hydrogen-bond donors (Lipinski definition) is 1. The van der Waals surface area contributed by atoms with Gasteiger partial charge in [0.25, 0.3) is 0 Å². The lowest BCUT2D eigenvalue weighted by atomic mass is 10.1. The monoisotopic (exact) mass is 285 g/mol. The number of benzene rings is 1. The first-order valence-electron chi connectivity index (χ1n) is 7.52. The SMILES string of the molecule is CCCc1cc(NCc2ccccc2COCC)ncn1. The summed E-state index contributed by atoms with van der Waals surface area (Å²) >= 11 is 0. The smallest absolute Gasteiger partial charge is 0.129 e. The van der Waals surface area contributed by atoms with Gasteiger partial charge in [-0.25, -0.2) is 9.97 Å². The molecule has 0 bridgehead atoms. The quantitative estimate of drug-likeness (QED) is 0.805. The topological polar surface area (TPSA) is 47.0 Å². The van der Waals surface area contributed by atoms with Crippen molar-refractivity contribution in [3.63, 3.8) is 0 Å². The second-order valence-electron chi connectivity index (χ2n) is 4.90. The van der Waals surface area contributed by atoms with Gasteiger partial charge in [-0.15, -0.1) is 0 Å². The van der Waals surface area contributed by atoms with Crippen molar-refractivity contribution in [3.05, 3.63) is 53.5 Å². The zero-order chi connectivity index (χ0) is 14.9. The van der Waals surface area contributed by atoms with Crippen LogP contribution in [0.15, 0.2) is 36.7 Å². The molecule has 0 spiro atoms. The largest absolute Gasteiger partial charge is 0.377 e. The summed E-state index contributed by atoms with van der Waals surface area (Å²) < 4.78 is 5.51. The van der Waals surface area contributed by atoms with E-state index < -0.39 is 0 Å². The lowest BCUT2D eigenvalue weighted by Gasteiger charge is -2.11. The molecule has 2 rings (SSSR count). The fraction of sp³-hybridized carbons (Fsp3) is 0.412. The Morgan fingerprint density at radius 1 is 1.10 bits per heavy atom. The van der Waals surface area contributed by atoms with Gasteiger partial charge in [-0.2, -0.15) is 0 Å². The number of aromatic nitrogens is 2. The molecule has 21 heavy (non-hydrogen) atoms. The van der Waals surface area contributed by atoms with Crippen LogP contribution in [0.3, 0.4) is 0 Å². The van der Waals surface area contributed by atoms with Crippen LogP contribution < -0.4 is 5.32 Å². The van der Waals surface area contributed by atoms with E-state index in [9.17, 15) is 0 Å². The van der Waals surface area contributed by atoms with E-state index in [0.29, 0.717) is 6.61 Å². The fourth-order valence-corrected chi connectivity index (χ4v) is 2.16. The predicted octanol–water partition coefficient (Wildman–Crippen LogP) is 3.58. The molecule has 0 saturated heterocycles. The lowest BCUT2D eigenvalue weighted by Crippen LogP contribution is -2.06. The van der Waals surface area contributed by atoms with E-state index in [1.165, 1.54) is 11.1 Å². The molecular weight excluding hydrogens is 262 g/mol. The van der Waals surface area contributed by atoms with Crippen molar-refractivity contribution in [2.75, 3.05) is 11.9 Å². The first kappa shape index (κ1) is 15.4. The standard InChI is InChI=1S/C17H23N3O/c1-3-7-16-10-17(20-13-19-16)18-11-14-8-5-6-9-15(14)12-21-4-2/h5-6,8-10,13H,3-4,7,11-12H2,1-2H3,(H,18,19,20). The van der Waals surface area contributed by atoms with Gasteiger partial charge in [-0.1, -0.05) is 37.6 Å². The van der Waals surface area contributed by atoms with Crippen LogP contribution in [-0.2, 0) is 24.3 Å². The van der Waals surface area contributed by atoms with Crippen LogP contribution in [0, 0.1) is 0 Å². The Labute approximate surface area is 126 Å². The highest BCUT2D eigenvalue weighted by Crippen LogP contribution is 2.13. The molecule has 0 radical (unpaired) electrons. The highest BCUT2D eigenvalue weighted by molar-refractivity contribution is 5.37. The molecule has 1 aromatic heterocycles. The predicted molar refractivity (Wildman–Crippen MR) is 85.1 cm³/mol. The third-order valence-corrected chi connectivity index (χ3v) is 3.27. The molecule has 1 heterocycles. The zero-order valence-electron chi connectivity index (χ0n) is 12.8. The van der Waals surface area contributed by atoms with Gasteiger partial charge in [0.2, 0.25) is 0 Å². The number of ether oxygens (including phenoxy) is 1. The second kappa shape index (κ2) is 8.37. The van der Waals surface area contributed by atoms with E-state index in [4.69, 9.17) is 4.74 Å². The molecule has 1 N–H and O–H groups in total. The highest BCUT2D eigenvalue weighted by Gasteiger charge is 2.03. The first-order valence-corrected chi connectivity index (χ1v) is 7.52. The van der Waals surface area contributed by atoms with Gasteiger partial charge in [0, 0.05) is 24.9 Å². The normalized spacial score (nSPS) is 10.6. The molecule has 0 aliphatic heterocycles. The van der Waals surface area contributed by atoms with E-state index >= 15 is 0 Å². The maximum absolute atomic E-state index is 5.51. The van der Waals surface area contributed by atoms with Gasteiger partial charge in [-0.3, -0.25) is 0 Å².